The number of carbonyl (C=O) groups is 2. The zero-order valence-corrected chi connectivity index (χ0v) is 25.6. The molecule has 1 N–H and O–H groups in total. The molecule has 0 unspecified atom stereocenters. The Kier molecular flexibility index (Phi) is 9.76. The minimum Gasteiger partial charge on any atom is -0.352 e. The average Bonchev–Trinajstić information content (AvgIpc) is 3.43. The second kappa shape index (κ2) is 13.1. The third-order valence-corrected chi connectivity index (χ3v) is 9.63. The average molecular weight is 596 g/mol. The number of benzene rings is 3. The third-order valence-electron chi connectivity index (χ3n) is 7.62. The number of nitrogens with one attached hydrogen (secondary N) is 1. The highest BCUT2D eigenvalue weighted by Gasteiger charge is 2.34. The summed E-state index contributed by atoms with van der Waals surface area (Å²) in [5.41, 5.74) is 3.78. The molecule has 41 heavy (non-hydrogen) atoms. The van der Waals surface area contributed by atoms with Crippen LogP contribution >= 0.6 is 11.6 Å². The van der Waals surface area contributed by atoms with Gasteiger partial charge in [-0.25, -0.2) is 8.42 Å². The van der Waals surface area contributed by atoms with E-state index in [0.29, 0.717) is 10.7 Å². The molecular weight excluding hydrogens is 558 g/mol. The van der Waals surface area contributed by atoms with Gasteiger partial charge >= 0.3 is 0 Å². The Morgan fingerprint density at radius 2 is 1.61 bits per heavy atom. The highest BCUT2D eigenvalue weighted by atomic mass is 35.5. The zero-order chi connectivity index (χ0) is 29.7. The predicted molar refractivity (Wildman–Crippen MR) is 163 cm³/mol. The molecule has 0 saturated heterocycles. The number of sulfonamides is 1. The largest absolute Gasteiger partial charge is 0.352 e. The number of anilines is 1. The van der Waals surface area contributed by atoms with Gasteiger partial charge in [-0.3, -0.25) is 13.9 Å². The lowest BCUT2D eigenvalue weighted by Gasteiger charge is -2.33. The van der Waals surface area contributed by atoms with Crippen LogP contribution in [0.2, 0.25) is 5.02 Å². The number of aryl methyl sites for hydroxylation is 3. The van der Waals surface area contributed by atoms with E-state index in [1.807, 2.05) is 39.0 Å². The minimum atomic E-state index is -4.11. The first-order chi connectivity index (χ1) is 19.5. The van der Waals surface area contributed by atoms with Gasteiger partial charge in [-0.2, -0.15) is 0 Å². The maximum absolute atomic E-state index is 14.1. The maximum Gasteiger partial charge on any atom is 0.264 e. The van der Waals surface area contributed by atoms with Crippen LogP contribution in [0, 0.1) is 20.8 Å². The normalized spacial score (nSPS) is 14.5. The monoisotopic (exact) mass is 595 g/mol. The summed E-state index contributed by atoms with van der Waals surface area (Å²) in [5, 5.41) is 3.59. The summed E-state index contributed by atoms with van der Waals surface area (Å²) in [6.07, 6.45) is 3.95. The molecule has 3 aromatic rings. The van der Waals surface area contributed by atoms with E-state index in [1.165, 1.54) is 4.90 Å². The van der Waals surface area contributed by atoms with Gasteiger partial charge < -0.3 is 10.2 Å². The molecule has 7 nitrogen and oxygen atoms in total. The lowest BCUT2D eigenvalue weighted by molar-refractivity contribution is -0.139. The van der Waals surface area contributed by atoms with Crippen LogP contribution < -0.4 is 9.62 Å². The molecule has 3 aromatic carbocycles. The Morgan fingerprint density at radius 1 is 0.951 bits per heavy atom. The lowest BCUT2D eigenvalue weighted by Crippen LogP contribution is -2.52. The van der Waals surface area contributed by atoms with Crippen molar-refractivity contribution in [2.24, 2.45) is 0 Å². The zero-order valence-electron chi connectivity index (χ0n) is 24.1. The van der Waals surface area contributed by atoms with Crippen molar-refractivity contribution in [3.63, 3.8) is 0 Å². The first-order valence-electron chi connectivity index (χ1n) is 14.0. The van der Waals surface area contributed by atoms with Crippen LogP contribution in [-0.2, 0) is 26.2 Å². The van der Waals surface area contributed by atoms with Crippen molar-refractivity contribution >= 4 is 39.1 Å². The molecule has 218 valence electrons. The minimum absolute atomic E-state index is 0.0849. The molecule has 2 amide bonds. The van der Waals surface area contributed by atoms with E-state index >= 15 is 0 Å². The van der Waals surface area contributed by atoms with E-state index in [1.54, 1.807) is 55.5 Å². The van der Waals surface area contributed by atoms with Crippen molar-refractivity contribution < 1.29 is 18.0 Å². The standard InChI is InChI=1S/C32H38ClN3O4S/c1-22-12-15-29(16-13-22)41(39,40)36(30-17-14-23(2)18-24(30)3)21-31(37)35(20-26-8-7-9-27(33)19-26)25(4)32(38)34-28-10-5-6-11-28/h7-9,12-19,25,28H,5-6,10-11,20-21H2,1-4H3,(H,34,38)/t25-/m0/s1. The number of nitrogens with zero attached hydrogens (tertiary/aromatic N) is 2. The number of amides is 2. The molecular formula is C32H38ClN3O4S. The van der Waals surface area contributed by atoms with Gasteiger partial charge in [-0.1, -0.05) is 72.0 Å². The van der Waals surface area contributed by atoms with E-state index in [0.717, 1.165) is 52.2 Å². The van der Waals surface area contributed by atoms with E-state index in [2.05, 4.69) is 5.32 Å². The highest BCUT2D eigenvalue weighted by molar-refractivity contribution is 7.92. The summed E-state index contributed by atoms with van der Waals surface area (Å²) >= 11 is 6.23. The van der Waals surface area contributed by atoms with E-state index in [4.69, 9.17) is 11.6 Å². The molecule has 0 radical (unpaired) electrons. The van der Waals surface area contributed by atoms with Gasteiger partial charge in [0, 0.05) is 17.6 Å². The van der Waals surface area contributed by atoms with Gasteiger partial charge in [-0.05, 0) is 82.0 Å². The van der Waals surface area contributed by atoms with Crippen LogP contribution in [0.1, 0.15) is 54.9 Å². The molecule has 1 fully saturated rings. The van der Waals surface area contributed by atoms with Crippen LogP contribution in [0.5, 0.6) is 0 Å². The summed E-state index contributed by atoms with van der Waals surface area (Å²) in [6.45, 7) is 6.95. The molecule has 1 aliphatic carbocycles. The number of carbonyl (C=O) groups excluding carboxylic acids is 2. The van der Waals surface area contributed by atoms with Crippen molar-refractivity contribution in [3.05, 3.63) is 94.0 Å². The van der Waals surface area contributed by atoms with Gasteiger partial charge in [-0.15, -0.1) is 0 Å². The molecule has 1 saturated carbocycles. The van der Waals surface area contributed by atoms with Gasteiger partial charge in [0.25, 0.3) is 10.0 Å². The Bertz CT molecular complexity index is 1500. The molecule has 0 bridgehead atoms. The van der Waals surface area contributed by atoms with E-state index < -0.39 is 28.5 Å². The number of halogens is 1. The fourth-order valence-electron chi connectivity index (χ4n) is 5.24. The molecule has 0 aliphatic heterocycles. The SMILES string of the molecule is Cc1ccc(S(=O)(=O)N(CC(=O)N(Cc2cccc(Cl)c2)[C@@H](C)C(=O)NC2CCCC2)c2ccc(C)cc2C)cc1. The maximum atomic E-state index is 14.1. The molecule has 9 heteroatoms. The van der Waals surface area contributed by atoms with Gasteiger partial charge in [0.1, 0.15) is 12.6 Å². The van der Waals surface area contributed by atoms with Crippen LogP contribution in [0.4, 0.5) is 5.69 Å². The van der Waals surface area contributed by atoms with Crippen molar-refractivity contribution in [2.45, 2.75) is 76.9 Å². The summed E-state index contributed by atoms with van der Waals surface area (Å²) in [5.74, 6) is -0.749. The van der Waals surface area contributed by atoms with Crippen molar-refractivity contribution in [2.75, 3.05) is 10.8 Å². The van der Waals surface area contributed by atoms with Gasteiger partial charge in [0.15, 0.2) is 0 Å². The Hall–Kier alpha value is -3.36. The molecule has 0 spiro atoms. The molecule has 0 aromatic heterocycles. The Morgan fingerprint density at radius 3 is 2.24 bits per heavy atom. The topological polar surface area (TPSA) is 86.8 Å². The molecule has 4 rings (SSSR count). The first-order valence-corrected chi connectivity index (χ1v) is 15.8. The summed E-state index contributed by atoms with van der Waals surface area (Å²) in [7, 11) is -4.11. The summed E-state index contributed by atoms with van der Waals surface area (Å²) in [6, 6.07) is 18.4. The van der Waals surface area contributed by atoms with Crippen molar-refractivity contribution in [1.29, 1.82) is 0 Å². The first kappa shape index (κ1) is 30.6. The fraction of sp³-hybridized carbons (Fsp3) is 0.375. The number of rotatable bonds is 10. The third kappa shape index (κ3) is 7.49. The van der Waals surface area contributed by atoms with Crippen LogP contribution in [0.25, 0.3) is 0 Å². The molecule has 1 atom stereocenters. The smallest absolute Gasteiger partial charge is 0.264 e. The summed E-state index contributed by atoms with van der Waals surface area (Å²) < 4.78 is 29.2. The van der Waals surface area contributed by atoms with Crippen molar-refractivity contribution in [3.8, 4) is 0 Å². The van der Waals surface area contributed by atoms with Crippen LogP contribution in [-0.4, -0.2) is 43.8 Å². The Balaban J connectivity index is 1.71. The molecule has 0 heterocycles. The van der Waals surface area contributed by atoms with Gasteiger partial charge in [0.05, 0.1) is 10.6 Å². The van der Waals surface area contributed by atoms with E-state index in [-0.39, 0.29) is 23.4 Å². The second-order valence-electron chi connectivity index (χ2n) is 10.9. The predicted octanol–water partition coefficient (Wildman–Crippen LogP) is 5.94. The fourth-order valence-corrected chi connectivity index (χ4v) is 6.93. The van der Waals surface area contributed by atoms with Crippen LogP contribution in [0.3, 0.4) is 0 Å². The molecule has 1 aliphatic rings. The van der Waals surface area contributed by atoms with Crippen molar-refractivity contribution in [1.82, 2.24) is 10.2 Å². The lowest BCUT2D eigenvalue weighted by atomic mass is 10.1. The second-order valence-corrected chi connectivity index (χ2v) is 13.2. The number of hydrogen-bond donors (Lipinski definition) is 1. The Labute approximate surface area is 248 Å². The summed E-state index contributed by atoms with van der Waals surface area (Å²) in [4.78, 5) is 29.0. The highest BCUT2D eigenvalue weighted by Crippen LogP contribution is 2.29. The van der Waals surface area contributed by atoms with Crippen LogP contribution in [0.15, 0.2) is 71.6 Å². The quantitative estimate of drug-likeness (QED) is 0.314. The van der Waals surface area contributed by atoms with E-state index in [9.17, 15) is 18.0 Å². The number of hydrogen-bond acceptors (Lipinski definition) is 4. The van der Waals surface area contributed by atoms with Gasteiger partial charge in [0.2, 0.25) is 11.8 Å².